The molecule has 16 heavy (non-hydrogen) atoms. The normalized spacial score (nSPS) is 10.9. The van der Waals surface area contributed by atoms with Crippen LogP contribution in [-0.2, 0) is 0 Å². The molecular weight excluding hydrogens is 254 g/mol. The summed E-state index contributed by atoms with van der Waals surface area (Å²) in [5.74, 6) is 0. The molecule has 0 aliphatic carbocycles. The zero-order chi connectivity index (χ0) is 13.8. The van der Waals surface area contributed by atoms with Gasteiger partial charge in [0.1, 0.15) is 13.2 Å². The highest BCUT2D eigenvalue weighted by Gasteiger charge is 2.21. The molecule has 0 aliphatic rings. The molecule has 0 aromatic rings. The van der Waals surface area contributed by atoms with Gasteiger partial charge in [0.15, 0.2) is 0 Å². The van der Waals surface area contributed by atoms with Crippen LogP contribution in [0.4, 0.5) is 34.5 Å². The Bertz CT molecular complexity index is 109. The topological polar surface area (TPSA) is 45.8 Å². The Hall–Kier alpha value is -0.510. The zero-order valence-electron chi connectivity index (χ0n) is 8.01. The van der Waals surface area contributed by atoms with Crippen LogP contribution >= 0.6 is 0 Å². The number of hydrogen-bond donors (Lipinski definition) is 0. The SMILES string of the molecule is F[B-](F)(F)F.F[B-](F)(F)F.[OH2+]CCCC[OH2+]. The summed E-state index contributed by atoms with van der Waals surface area (Å²) in [5, 5.41) is 13.2. The van der Waals surface area contributed by atoms with Gasteiger partial charge in [0.25, 0.3) is 0 Å². The first kappa shape index (κ1) is 20.8. The average Bonchev–Trinajstić information content (AvgIpc) is 1.94. The molecule has 0 rings (SSSR count). The lowest BCUT2D eigenvalue weighted by Gasteiger charge is -1.94. The van der Waals surface area contributed by atoms with Gasteiger partial charge in [-0.3, -0.25) is 0 Å². The van der Waals surface area contributed by atoms with Gasteiger partial charge in [-0.05, 0) is 0 Å². The third-order valence-electron chi connectivity index (χ3n) is 0.604. The maximum absolute atomic E-state index is 9.75. The molecule has 2 nitrogen and oxygen atoms in total. The van der Waals surface area contributed by atoms with Crippen LogP contribution < -0.4 is 0 Å². The van der Waals surface area contributed by atoms with Crippen LogP contribution in [0.15, 0.2) is 0 Å². The predicted octanol–water partition coefficient (Wildman–Crippen LogP) is 1.82. The molecule has 12 heteroatoms. The van der Waals surface area contributed by atoms with Crippen molar-refractivity contribution in [2.75, 3.05) is 13.2 Å². The van der Waals surface area contributed by atoms with Gasteiger partial charge >= 0.3 is 14.5 Å². The lowest BCUT2D eigenvalue weighted by atomic mass is 10.3. The van der Waals surface area contributed by atoms with E-state index in [0.717, 1.165) is 12.8 Å². The molecule has 102 valence electrons. The molecule has 0 unspecified atom stereocenters. The number of unbranched alkanes of at least 4 members (excludes halogenated alkanes) is 1. The van der Waals surface area contributed by atoms with E-state index in [1.165, 1.54) is 0 Å². The van der Waals surface area contributed by atoms with Crippen molar-refractivity contribution in [2.45, 2.75) is 12.8 Å². The summed E-state index contributed by atoms with van der Waals surface area (Å²) in [5.41, 5.74) is 0. The van der Waals surface area contributed by atoms with Crippen LogP contribution in [0.25, 0.3) is 0 Å². The molecule has 0 aliphatic heterocycles. The van der Waals surface area contributed by atoms with Crippen LogP contribution in [-0.4, -0.2) is 37.9 Å². The van der Waals surface area contributed by atoms with E-state index >= 15 is 0 Å². The second kappa shape index (κ2) is 11.0. The van der Waals surface area contributed by atoms with E-state index in [4.69, 9.17) is 10.2 Å². The molecule has 0 atom stereocenters. The van der Waals surface area contributed by atoms with E-state index in [1.54, 1.807) is 0 Å². The highest BCUT2D eigenvalue weighted by molar-refractivity contribution is 6.50. The van der Waals surface area contributed by atoms with Crippen LogP contribution in [0.5, 0.6) is 0 Å². The molecule has 0 fully saturated rings. The molecule has 0 saturated carbocycles. The zero-order valence-corrected chi connectivity index (χ0v) is 8.01. The van der Waals surface area contributed by atoms with Crippen molar-refractivity contribution in [1.29, 1.82) is 0 Å². The summed E-state index contributed by atoms with van der Waals surface area (Å²) in [6.07, 6.45) is 1.78. The van der Waals surface area contributed by atoms with Gasteiger partial charge in [-0.15, -0.1) is 0 Å². The summed E-state index contributed by atoms with van der Waals surface area (Å²) in [6, 6.07) is 0. The second-order valence-electron chi connectivity index (χ2n) is 2.20. The number of hydrogen-bond acceptors (Lipinski definition) is 0. The van der Waals surface area contributed by atoms with Crippen molar-refractivity contribution < 1.29 is 44.7 Å². The molecule has 4 N–H and O–H groups in total. The smallest absolute Gasteiger partial charge is 0.445 e. The van der Waals surface area contributed by atoms with Crippen molar-refractivity contribution in [3.05, 3.63) is 0 Å². The second-order valence-corrected chi connectivity index (χ2v) is 2.20. The van der Waals surface area contributed by atoms with Crippen LogP contribution in [0.1, 0.15) is 12.8 Å². The molecule has 0 bridgehead atoms. The lowest BCUT2D eigenvalue weighted by molar-refractivity contribution is 0.242. The van der Waals surface area contributed by atoms with E-state index in [9.17, 15) is 34.5 Å². The van der Waals surface area contributed by atoms with Gasteiger partial charge in [0.05, 0.1) is 0 Å². The standard InChI is InChI=1S/C4H10O2.2BF4/c5-3-1-2-4-6;2*2-1(3,4)5/h5-6H,1-4H2;;/q;2*-1/p+2. The minimum Gasteiger partial charge on any atom is -0.445 e. The maximum Gasteiger partial charge on any atom is 0.673 e. The summed E-state index contributed by atoms with van der Waals surface area (Å²) < 4.78 is 78.0. The molecule has 0 aromatic heterocycles. The third kappa shape index (κ3) is 339. The molecular formula is C4H12B2F8O2. The molecule has 0 amide bonds. The van der Waals surface area contributed by atoms with Crippen molar-refractivity contribution in [1.82, 2.24) is 0 Å². The highest BCUT2D eigenvalue weighted by atomic mass is 19.5. The van der Waals surface area contributed by atoms with Crippen LogP contribution in [0.3, 0.4) is 0 Å². The maximum atomic E-state index is 9.75. The number of halogens is 8. The van der Waals surface area contributed by atoms with E-state index in [2.05, 4.69) is 0 Å². The quantitative estimate of drug-likeness (QED) is 0.323. The summed E-state index contributed by atoms with van der Waals surface area (Å²) in [6.45, 7) is 0.970. The van der Waals surface area contributed by atoms with Crippen molar-refractivity contribution in [3.8, 4) is 0 Å². The lowest BCUT2D eigenvalue weighted by Crippen LogP contribution is -2.02. The van der Waals surface area contributed by atoms with Crippen molar-refractivity contribution in [2.24, 2.45) is 0 Å². The predicted molar refractivity (Wildman–Crippen MR) is 46.6 cm³/mol. The molecule has 0 spiro atoms. The first-order valence-electron chi connectivity index (χ1n) is 3.95. The fourth-order valence-electron chi connectivity index (χ4n) is 0.250. The van der Waals surface area contributed by atoms with E-state index < -0.39 is 14.5 Å². The third-order valence-corrected chi connectivity index (χ3v) is 0.604. The first-order valence-corrected chi connectivity index (χ1v) is 3.95. The van der Waals surface area contributed by atoms with E-state index in [-0.39, 0.29) is 0 Å². The fraction of sp³-hybridized carbons (Fsp3) is 1.00. The monoisotopic (exact) mass is 266 g/mol. The van der Waals surface area contributed by atoms with Crippen molar-refractivity contribution >= 4 is 14.5 Å². The Morgan fingerprint density at radius 3 is 0.750 bits per heavy atom. The van der Waals surface area contributed by atoms with Gasteiger partial charge in [-0.1, -0.05) is 0 Å². The van der Waals surface area contributed by atoms with Gasteiger partial charge in [0, 0.05) is 12.8 Å². The minimum absolute atomic E-state index is 0.485. The number of rotatable bonds is 3. The van der Waals surface area contributed by atoms with Gasteiger partial charge in [-0.25, -0.2) is 0 Å². The Labute approximate surface area is 86.5 Å². The Kier molecular flexibility index (Phi) is 14.3. The fourth-order valence-corrected chi connectivity index (χ4v) is 0.250. The Balaban J connectivity index is -0.000000160. The largest absolute Gasteiger partial charge is 0.673 e. The Morgan fingerprint density at radius 1 is 0.562 bits per heavy atom. The van der Waals surface area contributed by atoms with Gasteiger partial charge in [0.2, 0.25) is 0 Å². The van der Waals surface area contributed by atoms with Gasteiger partial charge < -0.3 is 44.7 Å². The summed E-state index contributed by atoms with van der Waals surface area (Å²) in [7, 11) is -12.0. The Morgan fingerprint density at radius 2 is 0.688 bits per heavy atom. The molecule has 0 aromatic carbocycles. The highest BCUT2D eigenvalue weighted by Crippen LogP contribution is 2.07. The minimum atomic E-state index is -6.00. The van der Waals surface area contributed by atoms with E-state index in [1.807, 2.05) is 0 Å². The van der Waals surface area contributed by atoms with Gasteiger partial charge in [-0.2, -0.15) is 0 Å². The summed E-state index contributed by atoms with van der Waals surface area (Å²) in [4.78, 5) is 0. The van der Waals surface area contributed by atoms with Crippen molar-refractivity contribution in [3.63, 3.8) is 0 Å². The van der Waals surface area contributed by atoms with Crippen LogP contribution in [0, 0.1) is 0 Å². The van der Waals surface area contributed by atoms with Crippen LogP contribution in [0.2, 0.25) is 0 Å². The summed E-state index contributed by atoms with van der Waals surface area (Å²) >= 11 is 0. The van der Waals surface area contributed by atoms with E-state index in [0.29, 0.717) is 13.2 Å². The molecule has 0 radical (unpaired) electrons. The molecule has 0 heterocycles. The molecule has 0 saturated heterocycles. The average molecular weight is 266 g/mol. The first-order chi connectivity index (χ1) is 6.91.